The second-order valence-corrected chi connectivity index (χ2v) is 5.88. The summed E-state index contributed by atoms with van der Waals surface area (Å²) < 4.78 is 21.8. The highest BCUT2D eigenvalue weighted by Gasteiger charge is 2.17. The molecule has 1 aromatic heterocycles. The molecule has 0 aliphatic rings. The van der Waals surface area contributed by atoms with Crippen molar-refractivity contribution >= 4 is 20.8 Å². The molecule has 0 saturated heterocycles. The summed E-state index contributed by atoms with van der Waals surface area (Å²) in [4.78, 5) is 4.33. The van der Waals surface area contributed by atoms with Gasteiger partial charge in [0.15, 0.2) is 0 Å². The molecular weight excluding hydrogens is 222 g/mol. The highest BCUT2D eigenvalue weighted by atomic mass is 32.2. The van der Waals surface area contributed by atoms with Gasteiger partial charge in [-0.3, -0.25) is 0 Å². The predicted molar refractivity (Wildman–Crippen MR) is 65.1 cm³/mol. The molecule has 5 heteroatoms. The molecule has 1 heterocycles. The lowest BCUT2D eigenvalue weighted by molar-refractivity contribution is 0.640. The van der Waals surface area contributed by atoms with E-state index in [9.17, 15) is 4.21 Å². The number of aryl methyl sites for hydroxylation is 1. The third kappa shape index (κ3) is 1.61. The van der Waals surface area contributed by atoms with E-state index in [0.29, 0.717) is 17.5 Å². The van der Waals surface area contributed by atoms with Crippen molar-refractivity contribution in [1.82, 2.24) is 9.55 Å². The van der Waals surface area contributed by atoms with Gasteiger partial charge < -0.3 is 4.57 Å². The van der Waals surface area contributed by atoms with Gasteiger partial charge in [0, 0.05) is 12.3 Å². The van der Waals surface area contributed by atoms with Crippen LogP contribution in [0.1, 0.15) is 13.8 Å². The first-order valence-corrected chi connectivity index (χ1v) is 7.04. The zero-order valence-corrected chi connectivity index (χ0v) is 10.3. The van der Waals surface area contributed by atoms with Crippen LogP contribution in [0.25, 0.3) is 11.0 Å². The normalized spacial score (nSPS) is 15.1. The van der Waals surface area contributed by atoms with E-state index in [4.69, 9.17) is 4.78 Å². The molecule has 0 radical (unpaired) electrons. The summed E-state index contributed by atoms with van der Waals surface area (Å²) in [5.41, 5.74) is 1.77. The van der Waals surface area contributed by atoms with Gasteiger partial charge in [0.1, 0.15) is 9.73 Å². The standard InChI is InChI=1S/C11H15N3OS/c1-3-14-10-8-6-5-7-9(10)13-11(14)16(12,15)4-2/h5-8,12H,3-4H2,1-2H3/t16-/m1/s1. The third-order valence-electron chi connectivity index (χ3n) is 2.64. The molecule has 0 saturated carbocycles. The van der Waals surface area contributed by atoms with E-state index in [0.717, 1.165) is 11.0 Å². The van der Waals surface area contributed by atoms with Crippen LogP contribution in [0.2, 0.25) is 0 Å². The Morgan fingerprint density at radius 1 is 1.38 bits per heavy atom. The van der Waals surface area contributed by atoms with Crippen molar-refractivity contribution in [2.45, 2.75) is 25.5 Å². The molecule has 0 bridgehead atoms. The SMILES string of the molecule is CCn1c([S@](=N)(=O)CC)nc2ccccc21. The van der Waals surface area contributed by atoms with Gasteiger partial charge in [-0.05, 0) is 19.1 Å². The number of nitrogens with zero attached hydrogens (tertiary/aromatic N) is 2. The summed E-state index contributed by atoms with van der Waals surface area (Å²) in [6.45, 7) is 4.42. The van der Waals surface area contributed by atoms with Crippen molar-refractivity contribution in [3.8, 4) is 0 Å². The van der Waals surface area contributed by atoms with Crippen LogP contribution in [-0.4, -0.2) is 19.5 Å². The first-order valence-electron chi connectivity index (χ1n) is 5.32. The zero-order valence-electron chi connectivity index (χ0n) is 9.43. The van der Waals surface area contributed by atoms with Crippen molar-refractivity contribution in [3.63, 3.8) is 0 Å². The van der Waals surface area contributed by atoms with Crippen LogP contribution in [0.3, 0.4) is 0 Å². The Morgan fingerprint density at radius 3 is 2.69 bits per heavy atom. The summed E-state index contributed by atoms with van der Waals surface area (Å²) in [7, 11) is -2.75. The smallest absolute Gasteiger partial charge is 0.208 e. The highest BCUT2D eigenvalue weighted by Crippen LogP contribution is 2.20. The summed E-state index contributed by atoms with van der Waals surface area (Å²) in [5, 5.41) is 0.402. The maximum atomic E-state index is 12.1. The number of nitrogens with one attached hydrogen (secondary N) is 1. The van der Waals surface area contributed by atoms with Crippen LogP contribution in [-0.2, 0) is 16.3 Å². The number of rotatable bonds is 3. The summed E-state index contributed by atoms with van der Waals surface area (Å²) in [6, 6.07) is 7.66. The fourth-order valence-electron chi connectivity index (χ4n) is 1.74. The van der Waals surface area contributed by atoms with Crippen molar-refractivity contribution < 1.29 is 4.21 Å². The summed E-state index contributed by atoms with van der Waals surface area (Å²) in [5.74, 6) is 0.302. The van der Waals surface area contributed by atoms with Gasteiger partial charge >= 0.3 is 0 Å². The van der Waals surface area contributed by atoms with Gasteiger partial charge in [0.05, 0.1) is 11.0 Å². The minimum atomic E-state index is -2.75. The number of aromatic nitrogens is 2. The predicted octanol–water partition coefficient (Wildman–Crippen LogP) is 2.48. The Morgan fingerprint density at radius 2 is 2.06 bits per heavy atom. The second kappa shape index (κ2) is 3.90. The molecule has 0 aliphatic carbocycles. The Kier molecular flexibility index (Phi) is 2.71. The summed E-state index contributed by atoms with van der Waals surface area (Å²) >= 11 is 0. The molecule has 16 heavy (non-hydrogen) atoms. The van der Waals surface area contributed by atoms with Crippen molar-refractivity contribution in [1.29, 1.82) is 4.78 Å². The van der Waals surface area contributed by atoms with E-state index in [-0.39, 0.29) is 0 Å². The van der Waals surface area contributed by atoms with Crippen LogP contribution < -0.4 is 0 Å². The average molecular weight is 237 g/mol. The van der Waals surface area contributed by atoms with Gasteiger partial charge in [-0.15, -0.1) is 0 Å². The molecule has 2 rings (SSSR count). The van der Waals surface area contributed by atoms with Crippen LogP contribution >= 0.6 is 0 Å². The molecule has 0 fully saturated rings. The van der Waals surface area contributed by atoms with Crippen LogP contribution in [0.5, 0.6) is 0 Å². The average Bonchev–Trinajstić information content (AvgIpc) is 2.68. The number of fused-ring (bicyclic) bond motifs is 1. The maximum absolute atomic E-state index is 12.1. The molecule has 1 N–H and O–H groups in total. The van der Waals surface area contributed by atoms with Gasteiger partial charge in [0.25, 0.3) is 0 Å². The molecule has 4 nitrogen and oxygen atoms in total. The minimum Gasteiger partial charge on any atom is -0.316 e. The lowest BCUT2D eigenvalue weighted by atomic mass is 10.3. The second-order valence-electron chi connectivity index (χ2n) is 3.59. The molecule has 0 amide bonds. The van der Waals surface area contributed by atoms with Gasteiger partial charge in [-0.2, -0.15) is 0 Å². The van der Waals surface area contributed by atoms with E-state index < -0.39 is 9.73 Å². The topological polar surface area (TPSA) is 58.7 Å². The molecule has 2 aromatic rings. The summed E-state index contributed by atoms with van der Waals surface area (Å²) in [6.07, 6.45) is 0. The van der Waals surface area contributed by atoms with E-state index in [1.165, 1.54) is 0 Å². The van der Waals surface area contributed by atoms with Gasteiger partial charge in [-0.25, -0.2) is 14.0 Å². The molecule has 86 valence electrons. The number of para-hydroxylation sites is 2. The Bertz CT molecular complexity index is 613. The minimum absolute atomic E-state index is 0.302. The molecule has 0 aliphatic heterocycles. The van der Waals surface area contributed by atoms with Crippen molar-refractivity contribution in [2.24, 2.45) is 0 Å². The molecule has 1 aromatic carbocycles. The number of imidazole rings is 1. The van der Waals surface area contributed by atoms with Gasteiger partial charge in [0.2, 0.25) is 5.16 Å². The quantitative estimate of drug-likeness (QED) is 0.891. The fraction of sp³-hybridized carbons (Fsp3) is 0.364. The number of hydrogen-bond donors (Lipinski definition) is 1. The van der Waals surface area contributed by atoms with Crippen LogP contribution in [0.4, 0.5) is 0 Å². The fourth-order valence-corrected chi connectivity index (χ4v) is 2.83. The van der Waals surface area contributed by atoms with Crippen molar-refractivity contribution in [3.05, 3.63) is 24.3 Å². The first-order chi connectivity index (χ1) is 7.60. The Hall–Kier alpha value is -1.36. The maximum Gasteiger partial charge on any atom is 0.208 e. The molecular formula is C11H15N3OS. The molecule has 0 spiro atoms. The zero-order chi connectivity index (χ0) is 11.8. The largest absolute Gasteiger partial charge is 0.316 e. The highest BCUT2D eigenvalue weighted by molar-refractivity contribution is 7.92. The third-order valence-corrected chi connectivity index (χ3v) is 4.35. The van der Waals surface area contributed by atoms with Crippen LogP contribution in [0, 0.1) is 4.78 Å². The lowest BCUT2D eigenvalue weighted by Gasteiger charge is -2.07. The van der Waals surface area contributed by atoms with E-state index in [1.54, 1.807) is 6.92 Å². The van der Waals surface area contributed by atoms with E-state index >= 15 is 0 Å². The monoisotopic (exact) mass is 237 g/mol. The first kappa shape index (κ1) is 11.1. The molecule has 0 unspecified atom stereocenters. The lowest BCUT2D eigenvalue weighted by Crippen LogP contribution is -2.10. The van der Waals surface area contributed by atoms with Crippen molar-refractivity contribution in [2.75, 3.05) is 5.75 Å². The number of hydrogen-bond acceptors (Lipinski definition) is 3. The Balaban J connectivity index is 2.81. The molecule has 1 atom stereocenters. The number of benzene rings is 1. The van der Waals surface area contributed by atoms with E-state index in [2.05, 4.69) is 4.98 Å². The van der Waals surface area contributed by atoms with Crippen LogP contribution in [0.15, 0.2) is 29.4 Å². The Labute approximate surface area is 95.3 Å². The van der Waals surface area contributed by atoms with Gasteiger partial charge in [-0.1, -0.05) is 19.1 Å². The van der Waals surface area contributed by atoms with E-state index in [1.807, 2.05) is 35.8 Å².